The highest BCUT2D eigenvalue weighted by Crippen LogP contribution is 2.30. The second-order valence-electron chi connectivity index (χ2n) is 5.06. The number of nitro groups is 1. The number of rotatable bonds is 5. The zero-order valence-electron chi connectivity index (χ0n) is 12.2. The summed E-state index contributed by atoms with van der Waals surface area (Å²) in [4.78, 5) is 24.3. The fraction of sp³-hybridized carbons (Fsp3) is 0.500. The molecule has 1 aliphatic rings. The molecule has 0 aromatic heterocycles. The monoisotopic (exact) mass is 293 g/mol. The smallest absolute Gasteiger partial charge is 0.310 e. The van der Waals surface area contributed by atoms with Crippen molar-refractivity contribution in [3.8, 4) is 0 Å². The van der Waals surface area contributed by atoms with E-state index >= 15 is 0 Å². The van der Waals surface area contributed by atoms with Crippen LogP contribution in [0.2, 0.25) is 0 Å². The van der Waals surface area contributed by atoms with Crippen LogP contribution in [0.1, 0.15) is 12.0 Å². The molecular weight excluding hydrogens is 274 g/mol. The lowest BCUT2D eigenvalue weighted by molar-refractivity contribution is -0.384. The Balaban J connectivity index is 2.12. The Labute approximate surface area is 123 Å². The summed E-state index contributed by atoms with van der Waals surface area (Å²) in [6, 6.07) is 5.03. The van der Waals surface area contributed by atoms with Gasteiger partial charge in [0, 0.05) is 26.2 Å². The molecule has 0 saturated carbocycles. The molecule has 1 saturated heterocycles. The maximum Gasteiger partial charge on any atom is 0.310 e. The van der Waals surface area contributed by atoms with E-state index in [1.54, 1.807) is 13.1 Å². The number of methoxy groups -OCH3 is 1. The SMILES string of the molecule is CNc1c(CN2CCC(C(=O)OC)C2)cccc1[N+](=O)[O-]. The van der Waals surface area contributed by atoms with Gasteiger partial charge in [-0.25, -0.2) is 0 Å². The molecule has 21 heavy (non-hydrogen) atoms. The first kappa shape index (κ1) is 15.2. The molecule has 7 heteroatoms. The third kappa shape index (κ3) is 3.30. The molecule has 1 fully saturated rings. The van der Waals surface area contributed by atoms with Crippen molar-refractivity contribution in [2.24, 2.45) is 5.92 Å². The van der Waals surface area contributed by atoms with Gasteiger partial charge in [-0.3, -0.25) is 19.8 Å². The summed E-state index contributed by atoms with van der Waals surface area (Å²) in [6.07, 6.45) is 0.760. The summed E-state index contributed by atoms with van der Waals surface area (Å²) in [7, 11) is 3.07. The highest BCUT2D eigenvalue weighted by molar-refractivity contribution is 5.73. The number of carbonyl (C=O) groups excluding carboxylic acids is 1. The maximum atomic E-state index is 11.5. The largest absolute Gasteiger partial charge is 0.469 e. The lowest BCUT2D eigenvalue weighted by atomic mass is 10.1. The van der Waals surface area contributed by atoms with Crippen molar-refractivity contribution in [3.05, 3.63) is 33.9 Å². The van der Waals surface area contributed by atoms with Gasteiger partial charge in [-0.2, -0.15) is 0 Å². The van der Waals surface area contributed by atoms with Crippen LogP contribution in [-0.4, -0.2) is 43.0 Å². The molecule has 114 valence electrons. The van der Waals surface area contributed by atoms with Crippen molar-refractivity contribution in [1.82, 2.24) is 4.90 Å². The number of nitrogens with one attached hydrogen (secondary N) is 1. The van der Waals surface area contributed by atoms with Gasteiger partial charge in [-0.05, 0) is 18.5 Å². The number of ether oxygens (including phenoxy) is 1. The highest BCUT2D eigenvalue weighted by Gasteiger charge is 2.29. The number of para-hydroxylation sites is 1. The Morgan fingerprint density at radius 2 is 2.33 bits per heavy atom. The average molecular weight is 293 g/mol. The number of hydrogen-bond acceptors (Lipinski definition) is 6. The van der Waals surface area contributed by atoms with Crippen molar-refractivity contribution in [1.29, 1.82) is 0 Å². The summed E-state index contributed by atoms with van der Waals surface area (Å²) in [5.41, 5.74) is 1.46. The normalized spacial score (nSPS) is 18.5. The molecule has 0 spiro atoms. The lowest BCUT2D eigenvalue weighted by Gasteiger charge is -2.17. The van der Waals surface area contributed by atoms with Gasteiger partial charge in [0.2, 0.25) is 0 Å². The standard InChI is InChI=1S/C14H19N3O4/c1-15-13-10(4-3-5-12(13)17(19)20)8-16-7-6-11(9-16)14(18)21-2/h3-5,11,15H,6-9H2,1-2H3. The second kappa shape index (κ2) is 6.53. The van der Waals surface area contributed by atoms with Crippen LogP contribution in [0.25, 0.3) is 0 Å². The Kier molecular flexibility index (Phi) is 4.74. The van der Waals surface area contributed by atoms with E-state index in [1.165, 1.54) is 13.2 Å². The molecule has 0 radical (unpaired) electrons. The summed E-state index contributed by atoms with van der Waals surface area (Å²) in [6.45, 7) is 1.98. The molecule has 1 aromatic carbocycles. The predicted octanol–water partition coefficient (Wildman–Crippen LogP) is 1.63. The molecule has 1 aliphatic heterocycles. The van der Waals surface area contributed by atoms with Crippen LogP contribution in [0.3, 0.4) is 0 Å². The number of esters is 1. The third-order valence-corrected chi connectivity index (χ3v) is 3.78. The topological polar surface area (TPSA) is 84.7 Å². The molecule has 1 aromatic rings. The summed E-state index contributed by atoms with van der Waals surface area (Å²) >= 11 is 0. The van der Waals surface area contributed by atoms with Gasteiger partial charge in [0.25, 0.3) is 5.69 Å². The molecule has 0 bridgehead atoms. The van der Waals surface area contributed by atoms with E-state index in [0.29, 0.717) is 18.8 Å². The van der Waals surface area contributed by atoms with Crippen molar-refractivity contribution in [2.45, 2.75) is 13.0 Å². The van der Waals surface area contributed by atoms with Gasteiger partial charge in [-0.15, -0.1) is 0 Å². The van der Waals surface area contributed by atoms with Gasteiger partial charge in [0.1, 0.15) is 5.69 Å². The van der Waals surface area contributed by atoms with Crippen LogP contribution in [0, 0.1) is 16.0 Å². The highest BCUT2D eigenvalue weighted by atomic mass is 16.6. The molecule has 2 rings (SSSR count). The van der Waals surface area contributed by atoms with Crippen molar-refractivity contribution < 1.29 is 14.5 Å². The number of nitro benzene ring substituents is 1. The molecule has 1 N–H and O–H groups in total. The average Bonchev–Trinajstić information content (AvgIpc) is 2.94. The maximum absolute atomic E-state index is 11.5. The van der Waals surface area contributed by atoms with Crippen LogP contribution >= 0.6 is 0 Å². The summed E-state index contributed by atoms with van der Waals surface area (Å²) in [5, 5.41) is 13.9. The van der Waals surface area contributed by atoms with E-state index in [4.69, 9.17) is 4.74 Å². The van der Waals surface area contributed by atoms with Gasteiger partial charge in [-0.1, -0.05) is 12.1 Å². The fourth-order valence-electron chi connectivity index (χ4n) is 2.74. The Bertz CT molecular complexity index is 547. The van der Waals surface area contributed by atoms with Gasteiger partial charge in [0.15, 0.2) is 0 Å². The Morgan fingerprint density at radius 1 is 1.57 bits per heavy atom. The summed E-state index contributed by atoms with van der Waals surface area (Å²) < 4.78 is 4.76. The lowest BCUT2D eigenvalue weighted by Crippen LogP contribution is -2.24. The minimum absolute atomic E-state index is 0.0683. The first-order valence-corrected chi connectivity index (χ1v) is 6.81. The zero-order chi connectivity index (χ0) is 15.4. The van der Waals surface area contributed by atoms with Gasteiger partial charge < -0.3 is 10.1 Å². The predicted molar refractivity (Wildman–Crippen MR) is 78.0 cm³/mol. The van der Waals surface area contributed by atoms with Crippen LogP contribution in [-0.2, 0) is 16.1 Å². The van der Waals surface area contributed by atoms with E-state index < -0.39 is 4.92 Å². The third-order valence-electron chi connectivity index (χ3n) is 3.78. The van der Waals surface area contributed by atoms with E-state index in [1.807, 2.05) is 6.07 Å². The van der Waals surface area contributed by atoms with Crippen molar-refractivity contribution >= 4 is 17.3 Å². The van der Waals surface area contributed by atoms with Crippen LogP contribution in [0.4, 0.5) is 11.4 Å². The van der Waals surface area contributed by atoms with E-state index in [9.17, 15) is 14.9 Å². The number of likely N-dealkylation sites (tertiary alicyclic amines) is 1. The van der Waals surface area contributed by atoms with E-state index in [-0.39, 0.29) is 17.6 Å². The number of hydrogen-bond donors (Lipinski definition) is 1. The second-order valence-corrected chi connectivity index (χ2v) is 5.06. The summed E-state index contributed by atoms with van der Waals surface area (Å²) in [5.74, 6) is -0.294. The van der Waals surface area contributed by atoms with Gasteiger partial charge >= 0.3 is 5.97 Å². The number of benzene rings is 1. The molecule has 0 aliphatic carbocycles. The van der Waals surface area contributed by atoms with Crippen LogP contribution in [0.5, 0.6) is 0 Å². The van der Waals surface area contributed by atoms with Crippen molar-refractivity contribution in [2.75, 3.05) is 32.6 Å². The fourth-order valence-corrected chi connectivity index (χ4v) is 2.74. The number of anilines is 1. The zero-order valence-corrected chi connectivity index (χ0v) is 12.2. The minimum atomic E-state index is -0.392. The van der Waals surface area contributed by atoms with Gasteiger partial charge in [0.05, 0.1) is 18.0 Å². The van der Waals surface area contributed by atoms with Crippen LogP contribution < -0.4 is 5.32 Å². The molecule has 1 heterocycles. The molecule has 1 unspecified atom stereocenters. The van der Waals surface area contributed by atoms with E-state index in [0.717, 1.165) is 18.5 Å². The minimum Gasteiger partial charge on any atom is -0.469 e. The Morgan fingerprint density at radius 3 is 2.95 bits per heavy atom. The van der Waals surface area contributed by atoms with Crippen LogP contribution in [0.15, 0.2) is 18.2 Å². The van der Waals surface area contributed by atoms with Crippen molar-refractivity contribution in [3.63, 3.8) is 0 Å². The molecular formula is C14H19N3O4. The molecule has 0 amide bonds. The first-order valence-electron chi connectivity index (χ1n) is 6.81. The first-order chi connectivity index (χ1) is 10.1. The van der Waals surface area contributed by atoms with E-state index in [2.05, 4.69) is 10.2 Å². The number of carbonyl (C=O) groups is 1. The molecule has 1 atom stereocenters. The Hall–Kier alpha value is -2.15. The number of nitrogens with zero attached hydrogens (tertiary/aromatic N) is 2. The molecule has 7 nitrogen and oxygen atoms in total. The quantitative estimate of drug-likeness (QED) is 0.504.